The number of nitrogens with zero attached hydrogens (tertiary/aromatic N) is 2. The number of rotatable bonds is 14. The zero-order valence-electron chi connectivity index (χ0n) is 26.0. The number of hydrogen-bond donors (Lipinski definition) is 2. The topological polar surface area (TPSA) is 125 Å². The summed E-state index contributed by atoms with van der Waals surface area (Å²) in [6.07, 6.45) is 3.66. The zero-order chi connectivity index (χ0) is 32.3. The summed E-state index contributed by atoms with van der Waals surface area (Å²) in [5.74, 6) is -3.72. The Morgan fingerprint density at radius 2 is 2.00 bits per heavy atom. The lowest BCUT2D eigenvalue weighted by molar-refractivity contribution is -0.160. The van der Waals surface area contributed by atoms with Gasteiger partial charge in [-0.2, -0.15) is 0 Å². The first-order valence-electron chi connectivity index (χ1n) is 15.3. The molecule has 0 unspecified atom stereocenters. The van der Waals surface area contributed by atoms with Crippen LogP contribution in [0.25, 0.3) is 0 Å². The van der Waals surface area contributed by atoms with Gasteiger partial charge in [0.25, 0.3) is 5.91 Å². The van der Waals surface area contributed by atoms with Crippen LogP contribution in [0.2, 0.25) is 5.02 Å². The molecule has 3 heterocycles. The van der Waals surface area contributed by atoms with Crippen LogP contribution in [-0.4, -0.2) is 83.3 Å². The fourth-order valence-electron chi connectivity index (χ4n) is 7.05. The number of aryl methyl sites for hydroxylation is 1. The Kier molecular flexibility index (Phi) is 10.6. The van der Waals surface area contributed by atoms with E-state index < -0.39 is 59.5 Å². The minimum absolute atomic E-state index is 0.116. The molecule has 11 heteroatoms. The summed E-state index contributed by atoms with van der Waals surface area (Å²) >= 11 is 6.62. The van der Waals surface area contributed by atoms with Gasteiger partial charge in [0.2, 0.25) is 11.8 Å². The molecule has 3 saturated heterocycles. The summed E-state index contributed by atoms with van der Waals surface area (Å²) in [5, 5.41) is 13.6. The number of fused-ring (bicyclic) bond motifs is 1. The fourth-order valence-corrected chi connectivity index (χ4v) is 7.37. The molecule has 1 spiro atoms. The molecular formula is C33H44ClN3O7. The molecule has 10 nitrogen and oxygen atoms in total. The number of aliphatic hydroxyl groups excluding tert-OH is 1. The Labute approximate surface area is 264 Å². The number of ether oxygens (including phenoxy) is 2. The highest BCUT2D eigenvalue weighted by Gasteiger charge is 2.76. The Bertz CT molecular complexity index is 1280. The van der Waals surface area contributed by atoms with Gasteiger partial charge in [-0.3, -0.25) is 19.2 Å². The summed E-state index contributed by atoms with van der Waals surface area (Å²) in [6.45, 7) is 14.6. The van der Waals surface area contributed by atoms with Crippen molar-refractivity contribution >= 4 is 41.0 Å². The lowest BCUT2D eigenvalue weighted by atomic mass is 9.70. The maximum absolute atomic E-state index is 14.7. The van der Waals surface area contributed by atoms with Crippen molar-refractivity contribution < 1.29 is 33.8 Å². The minimum Gasteiger partial charge on any atom is -0.460 e. The third-order valence-corrected chi connectivity index (χ3v) is 9.38. The van der Waals surface area contributed by atoms with Crippen LogP contribution in [0.3, 0.4) is 0 Å². The van der Waals surface area contributed by atoms with Crippen LogP contribution in [0.15, 0.2) is 43.5 Å². The quantitative estimate of drug-likeness (QED) is 0.238. The maximum Gasteiger partial charge on any atom is 0.312 e. The summed E-state index contributed by atoms with van der Waals surface area (Å²) in [5.41, 5.74) is -0.0191. The number of esters is 1. The largest absolute Gasteiger partial charge is 0.460 e. The van der Waals surface area contributed by atoms with Gasteiger partial charge < -0.3 is 29.7 Å². The number of amides is 3. The number of carbonyl (C=O) groups excluding carboxylic acids is 4. The molecule has 0 aliphatic carbocycles. The Morgan fingerprint density at radius 3 is 2.61 bits per heavy atom. The van der Waals surface area contributed by atoms with Crippen molar-refractivity contribution in [1.29, 1.82) is 0 Å². The number of carbonyl (C=O) groups is 4. The molecule has 240 valence electrons. The van der Waals surface area contributed by atoms with Crippen LogP contribution >= 0.6 is 11.6 Å². The van der Waals surface area contributed by atoms with Gasteiger partial charge in [0, 0.05) is 13.0 Å². The van der Waals surface area contributed by atoms with Crippen LogP contribution in [0.4, 0.5) is 5.69 Å². The van der Waals surface area contributed by atoms with E-state index in [1.165, 1.54) is 9.80 Å². The van der Waals surface area contributed by atoms with Crippen molar-refractivity contribution in [2.45, 2.75) is 83.3 Å². The number of benzene rings is 1. The van der Waals surface area contributed by atoms with Gasteiger partial charge in [0.05, 0.1) is 47.8 Å². The van der Waals surface area contributed by atoms with E-state index >= 15 is 0 Å². The lowest BCUT2D eigenvalue weighted by Gasteiger charge is -2.40. The summed E-state index contributed by atoms with van der Waals surface area (Å²) < 4.78 is 12.3. The third kappa shape index (κ3) is 6.04. The third-order valence-electron chi connectivity index (χ3n) is 9.07. The van der Waals surface area contributed by atoms with Crippen molar-refractivity contribution in [3.63, 3.8) is 0 Å². The second-order valence-electron chi connectivity index (χ2n) is 12.3. The van der Waals surface area contributed by atoms with Gasteiger partial charge in [-0.25, -0.2) is 0 Å². The number of likely N-dealkylation sites (tertiary alicyclic amines) is 1. The summed E-state index contributed by atoms with van der Waals surface area (Å²) in [7, 11) is 0. The number of para-hydroxylation sites is 1. The summed E-state index contributed by atoms with van der Waals surface area (Å²) in [4.78, 5) is 57.8. The Morgan fingerprint density at radius 1 is 1.27 bits per heavy atom. The van der Waals surface area contributed by atoms with Gasteiger partial charge in [0.15, 0.2) is 0 Å². The standard InChI is InChI=1S/C33H44ClN3O7/c1-7-9-13-25(39)35-17-21(6)43-32(42)26-24-14-15-33(44-24)27(26)30(40)37(23(18-38)19(3)4)29(33)31(41)36(16-8-2)28-20(5)11-10-12-22(28)34/h7-8,10-12,19,21,23-24,26-27,29,38H,1-2,9,13-18H2,3-6H3,(H,35,39)/t21-,23+,24-,26+,27+,29-,33+/m1/s1. The number of halogens is 1. The predicted molar refractivity (Wildman–Crippen MR) is 167 cm³/mol. The van der Waals surface area contributed by atoms with E-state index in [0.717, 1.165) is 5.56 Å². The van der Waals surface area contributed by atoms with Gasteiger partial charge in [-0.15, -0.1) is 13.2 Å². The smallest absolute Gasteiger partial charge is 0.312 e. The molecule has 2 bridgehead atoms. The first-order chi connectivity index (χ1) is 20.9. The number of allylic oxidation sites excluding steroid dienone is 1. The first kappa shape index (κ1) is 33.7. The number of hydrogen-bond acceptors (Lipinski definition) is 7. The molecule has 3 amide bonds. The SMILES string of the molecule is C=CCCC(=O)NC[C@@H](C)OC(=O)[C@@H]1[C@H]2C(=O)N([C@@H](CO)C(C)C)[C@H](C(=O)N(CC=C)c3c(C)cccc3Cl)[C@]23CC[C@H]1O3. The van der Waals surface area contributed by atoms with Gasteiger partial charge in [-0.1, -0.05) is 49.7 Å². The Balaban J connectivity index is 1.69. The molecule has 3 aliphatic rings. The maximum atomic E-state index is 14.7. The van der Waals surface area contributed by atoms with E-state index in [0.29, 0.717) is 30.0 Å². The Hall–Kier alpha value is -3.21. The van der Waals surface area contributed by atoms with Gasteiger partial charge >= 0.3 is 5.97 Å². The van der Waals surface area contributed by atoms with Crippen LogP contribution in [0, 0.1) is 24.7 Å². The highest BCUT2D eigenvalue weighted by Crippen LogP contribution is 2.59. The molecule has 3 aliphatic heterocycles. The number of nitrogens with one attached hydrogen (secondary N) is 1. The van der Waals surface area contributed by atoms with Crippen molar-refractivity contribution in [3.8, 4) is 0 Å². The molecule has 1 aromatic carbocycles. The first-order valence-corrected chi connectivity index (χ1v) is 15.7. The van der Waals surface area contributed by atoms with Gasteiger partial charge in [0.1, 0.15) is 17.7 Å². The zero-order valence-corrected chi connectivity index (χ0v) is 26.7. The summed E-state index contributed by atoms with van der Waals surface area (Å²) in [6, 6.07) is 3.53. The second-order valence-corrected chi connectivity index (χ2v) is 12.7. The van der Waals surface area contributed by atoms with Crippen molar-refractivity contribution in [1.82, 2.24) is 10.2 Å². The molecule has 4 rings (SSSR count). The lowest BCUT2D eigenvalue weighted by Crippen LogP contribution is -2.60. The van der Waals surface area contributed by atoms with E-state index in [-0.39, 0.29) is 37.9 Å². The monoisotopic (exact) mass is 629 g/mol. The van der Waals surface area contributed by atoms with Crippen molar-refractivity contribution in [3.05, 3.63) is 54.1 Å². The fraction of sp³-hybridized carbons (Fsp3) is 0.576. The van der Waals surface area contributed by atoms with Crippen LogP contribution in [0.5, 0.6) is 0 Å². The highest BCUT2D eigenvalue weighted by molar-refractivity contribution is 6.34. The normalized spacial score (nSPS) is 26.7. The number of aliphatic hydroxyl groups is 1. The average molecular weight is 630 g/mol. The van der Waals surface area contributed by atoms with Crippen molar-refractivity contribution in [2.75, 3.05) is 24.6 Å². The molecule has 0 radical (unpaired) electrons. The molecule has 3 fully saturated rings. The van der Waals surface area contributed by atoms with Crippen LogP contribution < -0.4 is 10.2 Å². The molecule has 0 aromatic heterocycles. The van der Waals surface area contributed by atoms with Crippen LogP contribution in [0.1, 0.15) is 52.0 Å². The second kappa shape index (κ2) is 13.8. The molecular weight excluding hydrogens is 586 g/mol. The minimum atomic E-state index is -1.29. The van der Waals surface area contributed by atoms with Crippen molar-refractivity contribution in [2.24, 2.45) is 17.8 Å². The van der Waals surface area contributed by atoms with Gasteiger partial charge in [-0.05, 0) is 50.7 Å². The predicted octanol–water partition coefficient (Wildman–Crippen LogP) is 3.57. The molecule has 2 N–H and O–H groups in total. The van der Waals surface area contributed by atoms with E-state index in [2.05, 4.69) is 18.5 Å². The van der Waals surface area contributed by atoms with E-state index in [1.807, 2.05) is 26.8 Å². The average Bonchev–Trinajstić information content (AvgIpc) is 3.62. The molecule has 0 saturated carbocycles. The van der Waals surface area contributed by atoms with Crippen LogP contribution in [-0.2, 0) is 28.7 Å². The molecule has 44 heavy (non-hydrogen) atoms. The number of anilines is 1. The highest BCUT2D eigenvalue weighted by atomic mass is 35.5. The molecule has 1 aromatic rings. The molecule has 7 atom stereocenters. The van der Waals surface area contributed by atoms with E-state index in [9.17, 15) is 24.3 Å². The van der Waals surface area contributed by atoms with E-state index in [1.54, 1.807) is 31.2 Å². The van der Waals surface area contributed by atoms with E-state index in [4.69, 9.17) is 21.1 Å².